The number of fused-ring (bicyclic) bond motifs is 1. The van der Waals surface area contributed by atoms with Crippen molar-refractivity contribution >= 4 is 22.6 Å². The van der Waals surface area contributed by atoms with Crippen molar-refractivity contribution in [1.82, 2.24) is 15.1 Å². The molecule has 0 radical (unpaired) electrons. The number of aromatic nitrogens is 2. The van der Waals surface area contributed by atoms with E-state index in [1.807, 2.05) is 62.4 Å². The molecule has 1 aromatic heterocycles. The molecule has 0 aliphatic rings. The second-order valence-corrected chi connectivity index (χ2v) is 8.91. The van der Waals surface area contributed by atoms with Crippen LogP contribution in [0, 0.1) is 6.92 Å². The van der Waals surface area contributed by atoms with Gasteiger partial charge >= 0.3 is 5.97 Å². The minimum Gasteiger partial charge on any atom is -0.457 e. The van der Waals surface area contributed by atoms with Crippen LogP contribution in [0.3, 0.4) is 0 Å². The van der Waals surface area contributed by atoms with Gasteiger partial charge in [-0.3, -0.25) is 0 Å². The van der Waals surface area contributed by atoms with Crippen LogP contribution in [0.5, 0.6) is 0 Å². The summed E-state index contributed by atoms with van der Waals surface area (Å²) in [5.74, 6) is -0.415. The summed E-state index contributed by atoms with van der Waals surface area (Å²) < 4.78 is 20.8. The Balaban J connectivity index is 1.56. The Bertz CT molecular complexity index is 1330. The Labute approximate surface area is 209 Å². The van der Waals surface area contributed by atoms with E-state index in [2.05, 4.69) is 15.7 Å². The second kappa shape index (κ2) is 11.3. The molecular formula is C28H31FN4O3. The van der Waals surface area contributed by atoms with Crippen LogP contribution >= 0.6 is 0 Å². The molecule has 0 bridgehead atoms. The van der Waals surface area contributed by atoms with Crippen LogP contribution in [0.4, 0.5) is 10.1 Å². The minimum atomic E-state index is -1.52. The average Bonchev–Trinajstić information content (AvgIpc) is 3.33. The molecule has 0 saturated heterocycles. The van der Waals surface area contributed by atoms with Crippen LogP contribution in [0.15, 0.2) is 72.9 Å². The summed E-state index contributed by atoms with van der Waals surface area (Å²) in [5, 5.41) is 22.1. The number of benzene rings is 3. The molecule has 3 aromatic carbocycles. The van der Waals surface area contributed by atoms with E-state index in [0.717, 1.165) is 27.7 Å². The SMILES string of the molecule is CCNCC(O)(CF)CNc1cc(C)cc2c1cnn2-c1cccc(C(=O)OCc2ccccc2)c1. The highest BCUT2D eigenvalue weighted by Gasteiger charge is 2.26. The average molecular weight is 491 g/mol. The quantitative estimate of drug-likeness (QED) is 0.270. The van der Waals surface area contributed by atoms with Crippen LogP contribution in [0.1, 0.15) is 28.4 Å². The second-order valence-electron chi connectivity index (χ2n) is 8.91. The number of anilines is 1. The van der Waals surface area contributed by atoms with Crippen LogP contribution < -0.4 is 10.6 Å². The third kappa shape index (κ3) is 5.90. The summed E-state index contributed by atoms with van der Waals surface area (Å²) in [7, 11) is 0. The van der Waals surface area contributed by atoms with Crippen molar-refractivity contribution in [3.05, 3.63) is 89.6 Å². The van der Waals surface area contributed by atoms with E-state index in [9.17, 15) is 14.3 Å². The van der Waals surface area contributed by atoms with Gasteiger partial charge in [-0.05, 0) is 54.9 Å². The van der Waals surface area contributed by atoms with Gasteiger partial charge < -0.3 is 20.5 Å². The van der Waals surface area contributed by atoms with E-state index in [4.69, 9.17) is 4.74 Å². The molecule has 8 heteroatoms. The molecule has 0 aliphatic carbocycles. The Morgan fingerprint density at radius 3 is 2.67 bits per heavy atom. The van der Waals surface area contributed by atoms with Crippen molar-refractivity contribution in [3.8, 4) is 5.69 Å². The van der Waals surface area contributed by atoms with E-state index < -0.39 is 18.2 Å². The van der Waals surface area contributed by atoms with Gasteiger partial charge in [0.2, 0.25) is 0 Å². The van der Waals surface area contributed by atoms with Gasteiger partial charge in [-0.15, -0.1) is 0 Å². The van der Waals surface area contributed by atoms with Crippen LogP contribution in [0.25, 0.3) is 16.6 Å². The lowest BCUT2D eigenvalue weighted by atomic mass is 10.1. The van der Waals surface area contributed by atoms with Crippen molar-refractivity contribution < 1.29 is 19.0 Å². The number of ether oxygens (including phenoxy) is 1. The first-order chi connectivity index (χ1) is 17.4. The zero-order chi connectivity index (χ0) is 25.5. The number of nitrogens with one attached hydrogen (secondary N) is 2. The summed E-state index contributed by atoms with van der Waals surface area (Å²) >= 11 is 0. The topological polar surface area (TPSA) is 88.4 Å². The molecule has 188 valence electrons. The fraction of sp³-hybridized carbons (Fsp3) is 0.286. The molecule has 0 spiro atoms. The fourth-order valence-electron chi connectivity index (χ4n) is 3.96. The molecule has 4 rings (SSSR count). The molecule has 1 atom stereocenters. The molecule has 0 fully saturated rings. The molecule has 1 unspecified atom stereocenters. The molecule has 7 nitrogen and oxygen atoms in total. The predicted octanol–water partition coefficient (Wildman–Crippen LogP) is 4.41. The normalized spacial score (nSPS) is 12.9. The number of aliphatic hydroxyl groups is 1. The van der Waals surface area contributed by atoms with Gasteiger partial charge in [0.15, 0.2) is 0 Å². The number of hydrogen-bond donors (Lipinski definition) is 3. The number of likely N-dealkylation sites (N-methyl/N-ethyl adjacent to an activating group) is 1. The number of carbonyl (C=O) groups is 1. The van der Waals surface area contributed by atoms with Gasteiger partial charge in [-0.25, -0.2) is 13.9 Å². The summed E-state index contributed by atoms with van der Waals surface area (Å²) in [6.45, 7) is 4.03. The zero-order valence-corrected chi connectivity index (χ0v) is 20.5. The van der Waals surface area contributed by atoms with E-state index in [0.29, 0.717) is 17.8 Å². The Morgan fingerprint density at radius 2 is 1.92 bits per heavy atom. The summed E-state index contributed by atoms with van der Waals surface area (Å²) in [6, 6.07) is 20.6. The number of carbonyl (C=O) groups excluding carboxylic acids is 1. The van der Waals surface area contributed by atoms with Crippen molar-refractivity contribution in [2.75, 3.05) is 31.6 Å². The van der Waals surface area contributed by atoms with Crippen molar-refractivity contribution in [1.29, 1.82) is 0 Å². The summed E-state index contributed by atoms with van der Waals surface area (Å²) in [5.41, 5.74) is 3.08. The van der Waals surface area contributed by atoms with Crippen molar-refractivity contribution in [3.63, 3.8) is 0 Å². The molecule has 3 N–H and O–H groups in total. The lowest BCUT2D eigenvalue weighted by molar-refractivity contribution is 0.0286. The fourth-order valence-corrected chi connectivity index (χ4v) is 3.96. The number of aryl methyl sites for hydroxylation is 1. The Kier molecular flexibility index (Phi) is 7.97. The lowest BCUT2D eigenvalue weighted by Gasteiger charge is -2.26. The maximum absolute atomic E-state index is 13.6. The van der Waals surface area contributed by atoms with E-state index in [1.54, 1.807) is 29.1 Å². The zero-order valence-electron chi connectivity index (χ0n) is 20.5. The number of hydrogen-bond acceptors (Lipinski definition) is 6. The van der Waals surface area contributed by atoms with Gasteiger partial charge in [0.25, 0.3) is 0 Å². The Morgan fingerprint density at radius 1 is 1.11 bits per heavy atom. The van der Waals surface area contributed by atoms with Gasteiger partial charge in [0.05, 0.1) is 23.0 Å². The van der Waals surface area contributed by atoms with Crippen LogP contribution in [-0.4, -0.2) is 52.8 Å². The molecule has 0 aliphatic heterocycles. The maximum Gasteiger partial charge on any atom is 0.338 e. The third-order valence-corrected chi connectivity index (χ3v) is 5.93. The first kappa shape index (κ1) is 25.3. The number of nitrogens with zero attached hydrogens (tertiary/aromatic N) is 2. The van der Waals surface area contributed by atoms with Crippen LogP contribution in [0.2, 0.25) is 0 Å². The standard InChI is InChI=1S/C28H31FN4O3/c1-3-30-18-28(35,17-29)19-31-25-12-20(2)13-26-24(25)15-32-33(26)23-11-7-10-22(14-23)27(34)36-16-21-8-5-4-6-9-21/h4-15,30-31,35H,3,16-19H2,1-2H3. The predicted molar refractivity (Wildman–Crippen MR) is 139 cm³/mol. The maximum atomic E-state index is 13.6. The van der Waals surface area contributed by atoms with E-state index >= 15 is 0 Å². The number of rotatable bonds is 11. The highest BCUT2D eigenvalue weighted by molar-refractivity contribution is 5.94. The smallest absolute Gasteiger partial charge is 0.338 e. The molecular weight excluding hydrogens is 459 g/mol. The molecule has 36 heavy (non-hydrogen) atoms. The van der Waals surface area contributed by atoms with Gasteiger partial charge in [-0.2, -0.15) is 5.10 Å². The monoisotopic (exact) mass is 490 g/mol. The third-order valence-electron chi connectivity index (χ3n) is 5.93. The highest BCUT2D eigenvalue weighted by Crippen LogP contribution is 2.28. The van der Waals surface area contributed by atoms with Crippen LogP contribution in [-0.2, 0) is 11.3 Å². The Hall–Kier alpha value is -3.75. The van der Waals surface area contributed by atoms with Gasteiger partial charge in [-0.1, -0.05) is 43.3 Å². The largest absolute Gasteiger partial charge is 0.457 e. The number of alkyl halides is 1. The highest BCUT2D eigenvalue weighted by atomic mass is 19.1. The minimum absolute atomic E-state index is 0.0446. The van der Waals surface area contributed by atoms with E-state index in [-0.39, 0.29) is 19.7 Å². The van der Waals surface area contributed by atoms with Crippen molar-refractivity contribution in [2.24, 2.45) is 0 Å². The molecule has 4 aromatic rings. The number of halogens is 1. The molecule has 0 saturated carbocycles. The van der Waals surface area contributed by atoms with Gasteiger partial charge in [0.1, 0.15) is 18.9 Å². The van der Waals surface area contributed by atoms with Crippen molar-refractivity contribution in [2.45, 2.75) is 26.1 Å². The van der Waals surface area contributed by atoms with E-state index in [1.165, 1.54) is 0 Å². The first-order valence-corrected chi connectivity index (χ1v) is 12.0. The summed E-state index contributed by atoms with van der Waals surface area (Å²) in [4.78, 5) is 12.7. The summed E-state index contributed by atoms with van der Waals surface area (Å²) in [6.07, 6.45) is 1.72. The molecule has 0 amide bonds. The lowest BCUT2D eigenvalue weighted by Crippen LogP contribution is -2.48. The first-order valence-electron chi connectivity index (χ1n) is 12.0. The molecule has 1 heterocycles. The van der Waals surface area contributed by atoms with Gasteiger partial charge in [0, 0.05) is 24.2 Å². The number of esters is 1.